The predicted octanol–water partition coefficient (Wildman–Crippen LogP) is 5.91. The van der Waals surface area contributed by atoms with Gasteiger partial charge in [0.05, 0.1) is 102 Å². The number of aliphatic hydroxyl groups excluding tert-OH is 10. The van der Waals surface area contributed by atoms with Crippen LogP contribution >= 0.6 is 7.60 Å². The number of nitrogens with one attached hydrogen (secondary N) is 2. The number of hydrogen-bond acceptors (Lipinski definition) is 29. The number of aliphatic hydroxyl groups is 10. The van der Waals surface area contributed by atoms with Crippen molar-refractivity contribution >= 4 is 54.2 Å². The molecule has 4 aliphatic rings. The summed E-state index contributed by atoms with van der Waals surface area (Å²) in [4.78, 5) is 107. The van der Waals surface area contributed by atoms with Gasteiger partial charge in [-0.15, -0.1) is 0 Å². The second-order valence-corrected chi connectivity index (χ2v) is 34.5. The zero-order chi connectivity index (χ0) is 85.3. The maximum atomic E-state index is 14.2. The molecule has 4 rings (SSSR count). The normalized spacial score (nSPS) is 26.6. The molecule has 3 amide bonds. The van der Waals surface area contributed by atoms with E-state index in [0.29, 0.717) is 154 Å². The van der Waals surface area contributed by atoms with Crippen molar-refractivity contribution in [3.05, 3.63) is 6.66 Å². The van der Waals surface area contributed by atoms with Crippen LogP contribution in [0.1, 0.15) is 252 Å². The van der Waals surface area contributed by atoms with E-state index in [4.69, 9.17) is 46.9 Å². The number of ketones is 5. The standard InChI is InChI=1S/C83H147N3O29P/c1-58-69(47-61(51-87)78(102)75(58)99)110-41-23-20-31-63(90)27-15-12-17-29-65(92)36-44-107-55-83(49-67(94)33-14-10-8-6-7-9-11-19-35-74(98)86-50-68(95)48-62(86)54-113-116(5,105)106-4,56-108-45-37-66(93)30-18-13-16-28-64(91)32-21-24-42-111-81-59(2)76(100)79(103)70(52-88)114-81)57-109-46-38-73(97)85-40-26-39-84-72(96)34-22-25-43-112-82-60(3)77(101)80(104)71(53-89)115-82/h58-62,68-71,75-82,87-89,95,99-104H,5-57H2,1-4H3,(H,84,96)(H,85,97)/q-1/t58?,59?,60?,61?,62-,68+,69?,70?,71?,75?,76?,77?,78?,79?,80?,81?,82?,83?,116?/m0/s1. The zero-order valence-corrected chi connectivity index (χ0v) is 70.8. The lowest BCUT2D eigenvalue weighted by molar-refractivity contribution is -0.282. The third-order valence-corrected chi connectivity index (χ3v) is 23.8. The van der Waals surface area contributed by atoms with Crippen LogP contribution in [0.5, 0.6) is 0 Å². The Hall–Kier alpha value is -3.81. The molecule has 12 N–H and O–H groups in total. The first kappa shape index (κ1) is 105. The number of likely N-dealkylation sites (tertiary alicyclic amines) is 1. The van der Waals surface area contributed by atoms with Crippen molar-refractivity contribution in [3.63, 3.8) is 0 Å². The highest BCUT2D eigenvalue weighted by Crippen LogP contribution is 2.46. The SMILES string of the molecule is [CH2-]P(=O)(OC)OC[C@@H]1C[C@@H](O)CN1C(=O)CCCCCCCCCCC(=O)CC(COCCC(=O)CCCCCC(=O)CCCCOC1CC(CO)C(O)C(O)C1C)(COCCC(=O)CCCCCC(=O)CCCCOC1OC(CO)C(O)C(O)C1C)COCCC(=O)NCCCNC(=O)CCCCOC1OC(CO)C(O)C(O)C1C. The highest BCUT2D eigenvalue weighted by molar-refractivity contribution is 7.55. The Morgan fingerprint density at radius 1 is 0.440 bits per heavy atom. The van der Waals surface area contributed by atoms with Crippen LogP contribution in [0.3, 0.4) is 0 Å². The fourth-order valence-corrected chi connectivity index (χ4v) is 15.5. The number of nitrogens with zero attached hydrogens (tertiary/aromatic N) is 1. The van der Waals surface area contributed by atoms with Crippen LogP contribution in [0.15, 0.2) is 0 Å². The summed E-state index contributed by atoms with van der Waals surface area (Å²) in [5, 5.41) is 106. The molecule has 32 nitrogen and oxygen atoms in total. The average molecular weight is 1680 g/mol. The van der Waals surface area contributed by atoms with Crippen molar-refractivity contribution in [2.24, 2.45) is 29.1 Å². The Labute approximate surface area is 687 Å². The molecule has 33 heteroatoms. The minimum atomic E-state index is -3.50. The molecule has 0 bridgehead atoms. The van der Waals surface area contributed by atoms with Crippen molar-refractivity contribution in [2.45, 2.75) is 332 Å². The Bertz CT molecular complexity index is 2600. The van der Waals surface area contributed by atoms with Crippen LogP contribution in [0.2, 0.25) is 0 Å². The van der Waals surface area contributed by atoms with Gasteiger partial charge in [-0.2, -0.15) is 0 Å². The van der Waals surface area contributed by atoms with E-state index in [1.165, 1.54) is 7.11 Å². The van der Waals surface area contributed by atoms with Crippen LogP contribution in [-0.4, -0.2) is 295 Å². The maximum absolute atomic E-state index is 14.2. The van der Waals surface area contributed by atoms with Crippen molar-refractivity contribution in [1.29, 1.82) is 0 Å². The molecule has 0 aromatic heterocycles. The first-order chi connectivity index (χ1) is 55.6. The molecule has 4 fully saturated rings. The van der Waals surface area contributed by atoms with Gasteiger partial charge in [-0.05, 0) is 96.3 Å². The first-order valence-corrected chi connectivity index (χ1v) is 44.8. The molecule has 1 saturated carbocycles. The largest absolute Gasteiger partial charge is 0.396 e. The van der Waals surface area contributed by atoms with E-state index in [1.807, 2.05) is 6.92 Å². The van der Waals surface area contributed by atoms with Crippen LogP contribution in [0.25, 0.3) is 0 Å². The molecule has 0 aromatic rings. The molecule has 3 aliphatic heterocycles. The number of Topliss-reactive ketones (excluding diaryl/α,β-unsaturated/α-hetero) is 5. The van der Waals surface area contributed by atoms with E-state index in [2.05, 4.69) is 17.3 Å². The van der Waals surface area contributed by atoms with Crippen molar-refractivity contribution in [1.82, 2.24) is 15.5 Å². The van der Waals surface area contributed by atoms with Crippen molar-refractivity contribution < 1.29 is 141 Å². The summed E-state index contributed by atoms with van der Waals surface area (Å²) in [5.41, 5.74) is -1.09. The monoisotopic (exact) mass is 1680 g/mol. The van der Waals surface area contributed by atoms with Gasteiger partial charge in [-0.1, -0.05) is 72.1 Å². The van der Waals surface area contributed by atoms with Gasteiger partial charge >= 0.3 is 0 Å². The Morgan fingerprint density at radius 3 is 1.28 bits per heavy atom. The topological polar surface area (TPSA) is 476 Å². The predicted molar refractivity (Wildman–Crippen MR) is 427 cm³/mol. The molecule has 0 radical (unpaired) electrons. The number of carbonyl (C=O) groups is 8. The van der Waals surface area contributed by atoms with Gasteiger partial charge in [0, 0.05) is 166 Å². The van der Waals surface area contributed by atoms with E-state index in [0.717, 1.165) is 38.5 Å². The van der Waals surface area contributed by atoms with Gasteiger partial charge in [0.25, 0.3) is 0 Å². The van der Waals surface area contributed by atoms with E-state index in [9.17, 15) is 94.0 Å². The lowest BCUT2D eigenvalue weighted by Gasteiger charge is -2.40. The average Bonchev–Trinajstić information content (AvgIpc) is 0.970. The lowest BCUT2D eigenvalue weighted by Crippen LogP contribution is -2.55. The van der Waals surface area contributed by atoms with Gasteiger partial charge in [0.2, 0.25) is 17.7 Å². The second-order valence-electron chi connectivity index (χ2n) is 32.6. The number of unbranched alkanes of at least 4 members (excludes halogenated alkanes) is 14. The summed E-state index contributed by atoms with van der Waals surface area (Å²) < 4.78 is 69.8. The van der Waals surface area contributed by atoms with Gasteiger partial charge in [0.15, 0.2) is 20.2 Å². The van der Waals surface area contributed by atoms with E-state index in [-0.39, 0.29) is 189 Å². The minimum absolute atomic E-state index is 0.0247. The van der Waals surface area contributed by atoms with Gasteiger partial charge in [-0.25, -0.2) is 6.66 Å². The summed E-state index contributed by atoms with van der Waals surface area (Å²) in [6.45, 7) is 8.90. The molecule has 17 unspecified atom stereocenters. The summed E-state index contributed by atoms with van der Waals surface area (Å²) in [5.74, 6) is -2.30. The molecular formula is C83H147N3O29P-. The fraction of sp³-hybridized carbons (Fsp3) is 0.892. The minimum Gasteiger partial charge on any atom is -0.396 e. The molecule has 0 aromatic carbocycles. The molecule has 3 saturated heterocycles. The van der Waals surface area contributed by atoms with Crippen molar-refractivity contribution in [2.75, 3.05) is 113 Å². The molecule has 19 atom stereocenters. The number of β-amino-alcohol motifs (C(OH)–C–C–N with tert-alkyl or cyclic N) is 1. The number of hydrogen-bond donors (Lipinski definition) is 12. The number of rotatable bonds is 69. The van der Waals surface area contributed by atoms with E-state index >= 15 is 0 Å². The summed E-state index contributed by atoms with van der Waals surface area (Å²) in [6, 6.07) is -0.425. The van der Waals surface area contributed by atoms with Crippen LogP contribution in [0, 0.1) is 35.8 Å². The number of carbonyl (C=O) groups excluding carboxylic acids is 8. The van der Waals surface area contributed by atoms with Gasteiger partial charge < -0.3 is 114 Å². The Kier molecular flexibility index (Phi) is 53.9. The highest BCUT2D eigenvalue weighted by Gasteiger charge is 2.45. The van der Waals surface area contributed by atoms with E-state index in [1.54, 1.807) is 18.7 Å². The van der Waals surface area contributed by atoms with Gasteiger partial charge in [0.1, 0.15) is 53.3 Å². The molecule has 116 heavy (non-hydrogen) atoms. The van der Waals surface area contributed by atoms with Crippen molar-refractivity contribution in [3.8, 4) is 0 Å². The van der Waals surface area contributed by atoms with Crippen LogP contribution in [-0.2, 0) is 89.9 Å². The Morgan fingerprint density at radius 2 is 0.828 bits per heavy atom. The van der Waals surface area contributed by atoms with Gasteiger partial charge in [-0.3, -0.25) is 42.9 Å². The van der Waals surface area contributed by atoms with Crippen LogP contribution in [0.4, 0.5) is 0 Å². The molecule has 3 heterocycles. The highest BCUT2D eigenvalue weighted by atomic mass is 31.2. The van der Waals surface area contributed by atoms with E-state index < -0.39 is 118 Å². The first-order valence-electron chi connectivity index (χ1n) is 43.1. The summed E-state index contributed by atoms with van der Waals surface area (Å²) in [6.07, 6.45) is 6.71. The lowest BCUT2D eigenvalue weighted by atomic mass is 9.77. The second kappa shape index (κ2) is 59.9. The summed E-state index contributed by atoms with van der Waals surface area (Å²) >= 11 is 0. The third-order valence-electron chi connectivity index (χ3n) is 22.7. The number of amides is 3. The zero-order valence-electron chi connectivity index (χ0n) is 69.9. The third kappa shape index (κ3) is 41.8. The number of ether oxygens (including phenoxy) is 8. The molecule has 674 valence electrons. The molecule has 0 spiro atoms. The smallest absolute Gasteiger partial charge is 0.222 e. The fourth-order valence-electron chi connectivity index (χ4n) is 15.0. The molecule has 1 aliphatic carbocycles. The summed E-state index contributed by atoms with van der Waals surface area (Å²) in [7, 11) is -2.27. The molecular weight excluding hydrogens is 1530 g/mol. The Balaban J connectivity index is 1.28. The maximum Gasteiger partial charge on any atom is 0.222 e. The van der Waals surface area contributed by atoms with Crippen LogP contribution < -0.4 is 10.6 Å². The quantitative estimate of drug-likeness (QED) is 0.0191.